The summed E-state index contributed by atoms with van der Waals surface area (Å²) in [5.41, 5.74) is 2.14. The maximum atomic E-state index is 9.68. The van der Waals surface area contributed by atoms with Gasteiger partial charge in [0.1, 0.15) is 5.75 Å². The highest BCUT2D eigenvalue weighted by atomic mass is 16.3. The SMILES string of the molecule is Cc1cc(NC2CCCCC2C2CCCCC2)ccc1O. The fourth-order valence-corrected chi connectivity index (χ4v) is 4.42. The molecule has 2 atom stereocenters. The second-order valence-corrected chi connectivity index (χ2v) is 7.10. The normalized spacial score (nSPS) is 27.5. The third-order valence-electron chi connectivity index (χ3n) is 5.62. The highest BCUT2D eigenvalue weighted by Gasteiger charge is 2.32. The molecule has 3 rings (SSSR count). The number of aromatic hydroxyl groups is 1. The molecule has 2 aliphatic carbocycles. The molecule has 0 bridgehead atoms. The van der Waals surface area contributed by atoms with Crippen LogP contribution in [-0.4, -0.2) is 11.1 Å². The fraction of sp³-hybridized carbons (Fsp3) is 0.684. The smallest absolute Gasteiger partial charge is 0.118 e. The zero-order valence-corrected chi connectivity index (χ0v) is 13.3. The Hall–Kier alpha value is -1.18. The minimum Gasteiger partial charge on any atom is -0.508 e. The van der Waals surface area contributed by atoms with Crippen molar-refractivity contribution < 1.29 is 5.11 Å². The Bertz CT molecular complexity index is 465. The van der Waals surface area contributed by atoms with E-state index in [1.54, 1.807) is 0 Å². The van der Waals surface area contributed by atoms with Crippen LogP contribution in [0.25, 0.3) is 0 Å². The van der Waals surface area contributed by atoms with Gasteiger partial charge in [0.25, 0.3) is 0 Å². The molecule has 2 heteroatoms. The molecule has 2 saturated carbocycles. The summed E-state index contributed by atoms with van der Waals surface area (Å²) in [5.74, 6) is 2.19. The summed E-state index contributed by atoms with van der Waals surface area (Å²) in [6.45, 7) is 1.97. The summed E-state index contributed by atoms with van der Waals surface area (Å²) in [6.07, 6.45) is 12.7. The number of aryl methyl sites for hydroxylation is 1. The Morgan fingerprint density at radius 1 is 0.952 bits per heavy atom. The maximum absolute atomic E-state index is 9.68. The van der Waals surface area contributed by atoms with Gasteiger partial charge in [0, 0.05) is 11.7 Å². The standard InChI is InChI=1S/C19H29NO/c1-14-13-16(11-12-19(14)21)20-18-10-6-5-9-17(18)15-7-3-2-4-8-15/h11-13,15,17-18,20-21H,2-10H2,1H3. The molecule has 0 heterocycles. The number of rotatable bonds is 3. The molecule has 0 spiro atoms. The van der Waals surface area contributed by atoms with Gasteiger partial charge in [-0.2, -0.15) is 0 Å². The summed E-state index contributed by atoms with van der Waals surface area (Å²) < 4.78 is 0. The number of hydrogen-bond acceptors (Lipinski definition) is 2. The quantitative estimate of drug-likeness (QED) is 0.744. The van der Waals surface area contributed by atoms with Crippen molar-refractivity contribution in [3.63, 3.8) is 0 Å². The maximum Gasteiger partial charge on any atom is 0.118 e. The first kappa shape index (κ1) is 14.7. The van der Waals surface area contributed by atoms with Crippen LogP contribution in [0.2, 0.25) is 0 Å². The van der Waals surface area contributed by atoms with E-state index in [4.69, 9.17) is 0 Å². The molecular weight excluding hydrogens is 258 g/mol. The topological polar surface area (TPSA) is 32.3 Å². The predicted octanol–water partition coefficient (Wildman–Crippen LogP) is 5.25. The molecule has 21 heavy (non-hydrogen) atoms. The van der Waals surface area contributed by atoms with Gasteiger partial charge >= 0.3 is 0 Å². The van der Waals surface area contributed by atoms with Gasteiger partial charge in [-0.25, -0.2) is 0 Å². The Kier molecular flexibility index (Phi) is 4.72. The van der Waals surface area contributed by atoms with Crippen molar-refractivity contribution in [2.45, 2.75) is 70.8 Å². The van der Waals surface area contributed by atoms with Crippen molar-refractivity contribution in [1.29, 1.82) is 0 Å². The average Bonchev–Trinajstić information content (AvgIpc) is 2.52. The van der Waals surface area contributed by atoms with Crippen LogP contribution < -0.4 is 5.32 Å². The van der Waals surface area contributed by atoms with Crippen LogP contribution in [0.3, 0.4) is 0 Å². The number of nitrogens with one attached hydrogen (secondary N) is 1. The molecule has 2 unspecified atom stereocenters. The fourth-order valence-electron chi connectivity index (χ4n) is 4.42. The predicted molar refractivity (Wildman–Crippen MR) is 88.8 cm³/mol. The van der Waals surface area contributed by atoms with Gasteiger partial charge in [0.05, 0.1) is 0 Å². The lowest BCUT2D eigenvalue weighted by molar-refractivity contribution is 0.180. The van der Waals surface area contributed by atoms with Crippen LogP contribution in [-0.2, 0) is 0 Å². The van der Waals surface area contributed by atoms with Gasteiger partial charge in [0.15, 0.2) is 0 Å². The molecular formula is C19H29NO. The molecule has 2 nitrogen and oxygen atoms in total. The minimum absolute atomic E-state index is 0.396. The largest absolute Gasteiger partial charge is 0.508 e. The molecule has 2 aliphatic rings. The van der Waals surface area contributed by atoms with Crippen molar-refractivity contribution >= 4 is 5.69 Å². The lowest BCUT2D eigenvalue weighted by Gasteiger charge is -2.40. The van der Waals surface area contributed by atoms with Crippen molar-refractivity contribution in [2.24, 2.45) is 11.8 Å². The molecule has 0 saturated heterocycles. The summed E-state index contributed by atoms with van der Waals surface area (Å²) in [5, 5.41) is 13.5. The highest BCUT2D eigenvalue weighted by molar-refractivity contribution is 5.51. The molecule has 0 amide bonds. The lowest BCUT2D eigenvalue weighted by atomic mass is 9.71. The van der Waals surface area contributed by atoms with E-state index < -0.39 is 0 Å². The van der Waals surface area contributed by atoms with Crippen molar-refractivity contribution in [2.75, 3.05) is 5.32 Å². The minimum atomic E-state index is 0.396. The van der Waals surface area contributed by atoms with Crippen molar-refractivity contribution in [3.05, 3.63) is 23.8 Å². The Morgan fingerprint density at radius 2 is 1.67 bits per heavy atom. The zero-order valence-electron chi connectivity index (χ0n) is 13.3. The van der Waals surface area contributed by atoms with E-state index in [0.717, 1.165) is 17.4 Å². The first-order valence-electron chi connectivity index (χ1n) is 8.80. The molecule has 1 aromatic carbocycles. The van der Waals surface area contributed by atoms with Crippen LogP contribution in [0.4, 0.5) is 5.69 Å². The van der Waals surface area contributed by atoms with Crippen LogP contribution in [0.1, 0.15) is 63.4 Å². The first-order valence-corrected chi connectivity index (χ1v) is 8.80. The second-order valence-electron chi connectivity index (χ2n) is 7.10. The van der Waals surface area contributed by atoms with Crippen molar-refractivity contribution in [3.8, 4) is 5.75 Å². The third-order valence-corrected chi connectivity index (χ3v) is 5.62. The van der Waals surface area contributed by atoms with Gasteiger partial charge in [-0.15, -0.1) is 0 Å². The van der Waals surface area contributed by atoms with E-state index in [2.05, 4.69) is 11.4 Å². The molecule has 116 valence electrons. The van der Waals surface area contributed by atoms with Gasteiger partial charge in [-0.3, -0.25) is 0 Å². The Balaban J connectivity index is 1.69. The second kappa shape index (κ2) is 6.72. The zero-order chi connectivity index (χ0) is 14.7. The van der Waals surface area contributed by atoms with Crippen LogP contribution in [0.15, 0.2) is 18.2 Å². The summed E-state index contributed by atoms with van der Waals surface area (Å²) in [6, 6.07) is 6.55. The number of hydrogen-bond donors (Lipinski definition) is 2. The van der Waals surface area contributed by atoms with Crippen molar-refractivity contribution in [1.82, 2.24) is 0 Å². The number of phenols is 1. The highest BCUT2D eigenvalue weighted by Crippen LogP contribution is 2.39. The molecule has 0 aliphatic heterocycles. The average molecular weight is 287 g/mol. The molecule has 1 aromatic rings. The lowest BCUT2D eigenvalue weighted by Crippen LogP contribution is -2.37. The van der Waals surface area contributed by atoms with E-state index >= 15 is 0 Å². The Morgan fingerprint density at radius 3 is 2.43 bits per heavy atom. The molecule has 2 N–H and O–H groups in total. The number of phenolic OH excluding ortho intramolecular Hbond substituents is 1. The Labute approximate surface area is 129 Å². The number of anilines is 1. The van der Waals surface area contributed by atoms with Gasteiger partial charge < -0.3 is 10.4 Å². The van der Waals surface area contributed by atoms with E-state index in [-0.39, 0.29) is 0 Å². The van der Waals surface area contributed by atoms with Crippen LogP contribution in [0.5, 0.6) is 5.75 Å². The van der Waals surface area contributed by atoms with E-state index in [0.29, 0.717) is 11.8 Å². The molecule has 0 aromatic heterocycles. The third kappa shape index (κ3) is 3.53. The first-order chi connectivity index (χ1) is 10.2. The van der Waals surface area contributed by atoms with Crippen LogP contribution in [0, 0.1) is 18.8 Å². The van der Waals surface area contributed by atoms with Gasteiger partial charge in [-0.1, -0.05) is 44.9 Å². The number of benzene rings is 1. The molecule has 2 fully saturated rings. The van der Waals surface area contributed by atoms with Crippen LogP contribution >= 0.6 is 0 Å². The monoisotopic (exact) mass is 287 g/mol. The summed E-state index contributed by atoms with van der Waals surface area (Å²) in [7, 11) is 0. The summed E-state index contributed by atoms with van der Waals surface area (Å²) >= 11 is 0. The molecule has 0 radical (unpaired) electrons. The van der Waals surface area contributed by atoms with E-state index in [1.165, 1.54) is 63.5 Å². The summed E-state index contributed by atoms with van der Waals surface area (Å²) in [4.78, 5) is 0. The van der Waals surface area contributed by atoms with Gasteiger partial charge in [0.2, 0.25) is 0 Å². The van der Waals surface area contributed by atoms with Gasteiger partial charge in [-0.05, 0) is 55.4 Å². The van der Waals surface area contributed by atoms with E-state index in [9.17, 15) is 5.11 Å². The van der Waals surface area contributed by atoms with E-state index in [1.807, 2.05) is 19.1 Å².